The molecule has 0 aliphatic heterocycles. The molecule has 4 heteroatoms. The van der Waals surface area contributed by atoms with E-state index in [4.69, 9.17) is 0 Å². The molecule has 1 heterocycles. The van der Waals surface area contributed by atoms with Gasteiger partial charge in [0.2, 0.25) is 6.39 Å². The highest BCUT2D eigenvalue weighted by Gasteiger charge is 2.02. The molecule has 0 aliphatic rings. The van der Waals surface area contributed by atoms with E-state index in [-0.39, 0.29) is 0 Å². The van der Waals surface area contributed by atoms with Crippen LogP contribution in [-0.2, 0) is 13.0 Å². The molecule has 1 N–H and O–H groups in total. The normalized spacial score (nSPS) is 10.7. The summed E-state index contributed by atoms with van der Waals surface area (Å²) in [6.07, 6.45) is 2.16. The summed E-state index contributed by atoms with van der Waals surface area (Å²) in [5.74, 6) is 0.749. The molecule has 1 aromatic carbocycles. The van der Waals surface area contributed by atoms with E-state index >= 15 is 0 Å². The lowest BCUT2D eigenvalue weighted by Gasteiger charge is -2.10. The van der Waals surface area contributed by atoms with Gasteiger partial charge in [0.05, 0.1) is 0 Å². The van der Waals surface area contributed by atoms with Crippen molar-refractivity contribution >= 4 is 0 Å². The molecule has 0 unspecified atom stereocenters. The molecule has 0 bridgehead atoms. The third-order valence-corrected chi connectivity index (χ3v) is 2.88. The maximum absolute atomic E-state index is 4.68. The van der Waals surface area contributed by atoms with E-state index in [2.05, 4.69) is 52.0 Å². The summed E-state index contributed by atoms with van der Waals surface area (Å²) >= 11 is 0. The van der Waals surface area contributed by atoms with Gasteiger partial charge >= 0.3 is 0 Å². The molecule has 1 aromatic heterocycles. The number of benzene rings is 1. The van der Waals surface area contributed by atoms with Gasteiger partial charge in [-0.05, 0) is 30.5 Å². The van der Waals surface area contributed by atoms with Crippen LogP contribution in [0.4, 0.5) is 0 Å². The average molecular weight is 231 g/mol. The molecule has 0 radical (unpaired) electrons. The predicted molar refractivity (Wildman–Crippen MR) is 65.6 cm³/mol. The highest BCUT2D eigenvalue weighted by atomic mass is 16.5. The fourth-order valence-electron chi connectivity index (χ4n) is 1.84. The van der Waals surface area contributed by atoms with Crippen molar-refractivity contribution in [2.45, 2.75) is 26.8 Å². The Balaban J connectivity index is 1.82. The van der Waals surface area contributed by atoms with Crippen molar-refractivity contribution in [2.24, 2.45) is 0 Å². The summed E-state index contributed by atoms with van der Waals surface area (Å²) < 4.78 is 4.68. The molecule has 0 saturated heterocycles. The molecule has 0 aliphatic carbocycles. The second-order valence-electron chi connectivity index (χ2n) is 4.14. The molecule has 0 amide bonds. The fourth-order valence-corrected chi connectivity index (χ4v) is 1.84. The van der Waals surface area contributed by atoms with Crippen molar-refractivity contribution < 1.29 is 4.52 Å². The average Bonchev–Trinajstić information content (AvgIpc) is 2.80. The number of nitrogens with one attached hydrogen (secondary N) is 1. The zero-order valence-corrected chi connectivity index (χ0v) is 10.2. The Morgan fingerprint density at radius 2 is 2.00 bits per heavy atom. The molecular formula is C13H17N3O. The monoisotopic (exact) mass is 231 g/mol. The lowest BCUT2D eigenvalue weighted by Crippen LogP contribution is -2.18. The first-order valence-electron chi connectivity index (χ1n) is 5.78. The Morgan fingerprint density at radius 3 is 2.65 bits per heavy atom. The maximum atomic E-state index is 4.68. The van der Waals surface area contributed by atoms with E-state index < -0.39 is 0 Å². The lowest BCUT2D eigenvalue weighted by molar-refractivity contribution is 0.409. The van der Waals surface area contributed by atoms with Crippen molar-refractivity contribution in [3.05, 3.63) is 47.1 Å². The minimum absolute atomic E-state index is 0.749. The van der Waals surface area contributed by atoms with Crippen molar-refractivity contribution in [1.82, 2.24) is 15.5 Å². The zero-order valence-electron chi connectivity index (χ0n) is 10.2. The van der Waals surface area contributed by atoms with Crippen molar-refractivity contribution in [2.75, 3.05) is 6.54 Å². The molecule has 0 spiro atoms. The molecular weight excluding hydrogens is 214 g/mol. The standard InChI is InChI=1S/C13H17N3O/c1-10-4-3-5-11(2)12(10)8-14-7-6-13-15-9-17-16-13/h3-5,9,14H,6-8H2,1-2H3. The Morgan fingerprint density at radius 1 is 1.24 bits per heavy atom. The number of hydrogen-bond donors (Lipinski definition) is 1. The third kappa shape index (κ3) is 3.14. The first-order chi connectivity index (χ1) is 8.27. The van der Waals surface area contributed by atoms with Crippen LogP contribution in [0.3, 0.4) is 0 Å². The number of nitrogens with zero attached hydrogens (tertiary/aromatic N) is 2. The van der Waals surface area contributed by atoms with E-state index in [0.29, 0.717) is 0 Å². The van der Waals surface area contributed by atoms with Crippen LogP contribution in [0.1, 0.15) is 22.5 Å². The van der Waals surface area contributed by atoms with Gasteiger partial charge in [-0.1, -0.05) is 23.4 Å². The highest BCUT2D eigenvalue weighted by molar-refractivity contribution is 5.33. The van der Waals surface area contributed by atoms with Crippen LogP contribution in [0, 0.1) is 13.8 Å². The fraction of sp³-hybridized carbons (Fsp3) is 0.385. The Bertz CT molecular complexity index is 445. The Labute approximate surface area is 101 Å². The van der Waals surface area contributed by atoms with E-state index in [0.717, 1.165) is 25.3 Å². The van der Waals surface area contributed by atoms with Gasteiger partial charge in [-0.25, -0.2) is 0 Å². The van der Waals surface area contributed by atoms with Gasteiger partial charge in [0, 0.05) is 19.5 Å². The van der Waals surface area contributed by atoms with Crippen LogP contribution in [0.15, 0.2) is 29.1 Å². The van der Waals surface area contributed by atoms with Crippen molar-refractivity contribution in [1.29, 1.82) is 0 Å². The third-order valence-electron chi connectivity index (χ3n) is 2.88. The van der Waals surface area contributed by atoms with E-state index in [9.17, 15) is 0 Å². The van der Waals surface area contributed by atoms with Crippen LogP contribution < -0.4 is 5.32 Å². The summed E-state index contributed by atoms with van der Waals surface area (Å²) in [4.78, 5) is 3.98. The van der Waals surface area contributed by atoms with E-state index in [1.54, 1.807) is 0 Å². The first kappa shape index (κ1) is 11.8. The second-order valence-corrected chi connectivity index (χ2v) is 4.14. The largest absolute Gasteiger partial charge is 0.343 e. The molecule has 2 rings (SSSR count). The number of rotatable bonds is 5. The zero-order chi connectivity index (χ0) is 12.1. The van der Waals surface area contributed by atoms with Gasteiger partial charge in [-0.3, -0.25) is 0 Å². The highest BCUT2D eigenvalue weighted by Crippen LogP contribution is 2.12. The van der Waals surface area contributed by atoms with Gasteiger partial charge in [-0.2, -0.15) is 4.98 Å². The van der Waals surface area contributed by atoms with Gasteiger partial charge in [0.25, 0.3) is 0 Å². The molecule has 0 saturated carbocycles. The van der Waals surface area contributed by atoms with Gasteiger partial charge in [0.1, 0.15) is 0 Å². The summed E-state index contributed by atoms with van der Waals surface area (Å²) in [5.41, 5.74) is 4.04. The van der Waals surface area contributed by atoms with Crippen molar-refractivity contribution in [3.63, 3.8) is 0 Å². The number of hydrogen-bond acceptors (Lipinski definition) is 4. The van der Waals surface area contributed by atoms with E-state index in [1.807, 2.05) is 0 Å². The van der Waals surface area contributed by atoms with Crippen molar-refractivity contribution in [3.8, 4) is 0 Å². The van der Waals surface area contributed by atoms with Crippen LogP contribution in [0.25, 0.3) is 0 Å². The van der Waals surface area contributed by atoms with Crippen LogP contribution in [0.2, 0.25) is 0 Å². The van der Waals surface area contributed by atoms with Gasteiger partial charge in [0.15, 0.2) is 5.82 Å². The molecule has 2 aromatic rings. The molecule has 4 nitrogen and oxygen atoms in total. The summed E-state index contributed by atoms with van der Waals surface area (Å²) in [6.45, 7) is 6.02. The Kier molecular flexibility index (Phi) is 3.88. The SMILES string of the molecule is Cc1cccc(C)c1CNCCc1ncon1. The second kappa shape index (κ2) is 5.59. The van der Waals surface area contributed by atoms with Crippen LogP contribution in [-0.4, -0.2) is 16.7 Å². The van der Waals surface area contributed by atoms with Crippen LogP contribution >= 0.6 is 0 Å². The molecule has 17 heavy (non-hydrogen) atoms. The summed E-state index contributed by atoms with van der Waals surface area (Å²) in [6, 6.07) is 6.37. The van der Waals surface area contributed by atoms with Crippen LogP contribution in [0.5, 0.6) is 0 Å². The summed E-state index contributed by atoms with van der Waals surface area (Å²) in [5, 5.41) is 7.17. The minimum Gasteiger partial charge on any atom is -0.343 e. The maximum Gasteiger partial charge on any atom is 0.213 e. The topological polar surface area (TPSA) is 51.0 Å². The number of aromatic nitrogens is 2. The first-order valence-corrected chi connectivity index (χ1v) is 5.78. The quantitative estimate of drug-likeness (QED) is 0.800. The molecule has 0 fully saturated rings. The smallest absolute Gasteiger partial charge is 0.213 e. The van der Waals surface area contributed by atoms with Gasteiger partial charge in [-0.15, -0.1) is 0 Å². The van der Waals surface area contributed by atoms with E-state index in [1.165, 1.54) is 23.1 Å². The Hall–Kier alpha value is -1.68. The summed E-state index contributed by atoms with van der Waals surface area (Å²) in [7, 11) is 0. The molecule has 90 valence electrons. The van der Waals surface area contributed by atoms with Gasteiger partial charge < -0.3 is 9.84 Å². The number of aryl methyl sites for hydroxylation is 2. The predicted octanol–water partition coefficient (Wildman–Crippen LogP) is 2.02. The molecule has 0 atom stereocenters. The minimum atomic E-state index is 0.749. The lowest BCUT2D eigenvalue weighted by atomic mass is 10.0.